The van der Waals surface area contributed by atoms with Gasteiger partial charge in [0.05, 0.1) is 0 Å². The zero-order chi connectivity index (χ0) is 47.9. The number of carbonyl (C=O) groups excluding carboxylic acids is 3. The van der Waals surface area contributed by atoms with Gasteiger partial charge in [0.1, 0.15) is 13.2 Å². The lowest BCUT2D eigenvalue weighted by atomic mass is 10.0. The minimum Gasteiger partial charge on any atom is -0.462 e. The van der Waals surface area contributed by atoms with Gasteiger partial charge >= 0.3 is 17.9 Å². The summed E-state index contributed by atoms with van der Waals surface area (Å²) in [5, 5.41) is 0. The average Bonchev–Trinajstić information content (AvgIpc) is 3.31. The molecule has 0 aliphatic carbocycles. The normalized spacial score (nSPS) is 12.5. The van der Waals surface area contributed by atoms with Crippen LogP contribution in [0.4, 0.5) is 0 Å². The Labute approximate surface area is 409 Å². The molecule has 0 aromatic rings. The number of hydrogen-bond donors (Lipinski definition) is 0. The number of ether oxygens (including phenoxy) is 3. The van der Waals surface area contributed by atoms with E-state index in [1.54, 1.807) is 0 Å². The molecule has 0 aliphatic rings. The molecule has 1 unspecified atom stereocenters. The molecular weight excluding hydrogens is 817 g/mol. The van der Waals surface area contributed by atoms with Crippen molar-refractivity contribution in [1.29, 1.82) is 0 Å². The highest BCUT2D eigenvalue weighted by atomic mass is 16.6. The molecule has 6 nitrogen and oxygen atoms in total. The van der Waals surface area contributed by atoms with Crippen LogP contribution in [0.2, 0.25) is 0 Å². The maximum Gasteiger partial charge on any atom is 0.306 e. The van der Waals surface area contributed by atoms with Crippen LogP contribution in [0.15, 0.2) is 60.8 Å². The van der Waals surface area contributed by atoms with Crippen LogP contribution < -0.4 is 0 Å². The molecular formula is C60H106O6. The van der Waals surface area contributed by atoms with Gasteiger partial charge in [-0.1, -0.05) is 248 Å². The molecule has 66 heavy (non-hydrogen) atoms. The fourth-order valence-corrected chi connectivity index (χ4v) is 8.03. The summed E-state index contributed by atoms with van der Waals surface area (Å²) in [6, 6.07) is 0. The summed E-state index contributed by atoms with van der Waals surface area (Å²) in [6.07, 6.45) is 67.9. The second-order valence-electron chi connectivity index (χ2n) is 18.8. The van der Waals surface area contributed by atoms with E-state index in [-0.39, 0.29) is 31.1 Å². The molecule has 0 rings (SSSR count). The van der Waals surface area contributed by atoms with E-state index in [1.165, 1.54) is 148 Å². The van der Waals surface area contributed by atoms with Crippen molar-refractivity contribution in [3.8, 4) is 0 Å². The number of hydrogen-bond acceptors (Lipinski definition) is 6. The van der Waals surface area contributed by atoms with Gasteiger partial charge in [0, 0.05) is 19.3 Å². The zero-order valence-electron chi connectivity index (χ0n) is 43.7. The third kappa shape index (κ3) is 52.1. The Bertz CT molecular complexity index is 1200. The molecule has 0 aromatic carbocycles. The Morgan fingerprint density at radius 1 is 0.318 bits per heavy atom. The highest BCUT2D eigenvalue weighted by Gasteiger charge is 2.19. The monoisotopic (exact) mass is 923 g/mol. The molecule has 1 atom stereocenters. The summed E-state index contributed by atoms with van der Waals surface area (Å²) < 4.78 is 16.8. The van der Waals surface area contributed by atoms with Gasteiger partial charge in [0.15, 0.2) is 6.10 Å². The molecule has 0 aromatic heterocycles. The molecule has 382 valence electrons. The van der Waals surface area contributed by atoms with Gasteiger partial charge in [0.2, 0.25) is 0 Å². The van der Waals surface area contributed by atoms with Gasteiger partial charge < -0.3 is 14.2 Å². The molecule has 0 aliphatic heterocycles. The van der Waals surface area contributed by atoms with Crippen molar-refractivity contribution in [2.24, 2.45) is 0 Å². The first kappa shape index (κ1) is 63.1. The third-order valence-electron chi connectivity index (χ3n) is 12.2. The molecule has 0 fully saturated rings. The van der Waals surface area contributed by atoms with Gasteiger partial charge in [0.25, 0.3) is 0 Å². The topological polar surface area (TPSA) is 78.9 Å². The van der Waals surface area contributed by atoms with Crippen LogP contribution in [0.1, 0.15) is 284 Å². The number of esters is 3. The maximum absolute atomic E-state index is 12.8. The predicted molar refractivity (Wildman–Crippen MR) is 284 cm³/mol. The highest BCUT2D eigenvalue weighted by Crippen LogP contribution is 2.16. The van der Waals surface area contributed by atoms with Crippen molar-refractivity contribution in [3.63, 3.8) is 0 Å². The molecule has 0 saturated carbocycles. The number of rotatable bonds is 51. The Morgan fingerprint density at radius 2 is 0.621 bits per heavy atom. The average molecular weight is 924 g/mol. The quantitative estimate of drug-likeness (QED) is 0.0262. The fraction of sp³-hybridized carbons (Fsp3) is 0.783. The van der Waals surface area contributed by atoms with Gasteiger partial charge in [-0.3, -0.25) is 14.4 Å². The fourth-order valence-electron chi connectivity index (χ4n) is 8.03. The summed E-state index contributed by atoms with van der Waals surface area (Å²) in [7, 11) is 0. The van der Waals surface area contributed by atoms with Crippen LogP contribution in [0.3, 0.4) is 0 Å². The Hall–Kier alpha value is -2.89. The van der Waals surface area contributed by atoms with Crippen LogP contribution in [0.5, 0.6) is 0 Å². The largest absolute Gasteiger partial charge is 0.462 e. The minimum absolute atomic E-state index is 0.0750. The van der Waals surface area contributed by atoms with Crippen molar-refractivity contribution in [2.75, 3.05) is 13.2 Å². The van der Waals surface area contributed by atoms with Crippen molar-refractivity contribution in [2.45, 2.75) is 290 Å². The van der Waals surface area contributed by atoms with Gasteiger partial charge in [-0.25, -0.2) is 0 Å². The summed E-state index contributed by atoms with van der Waals surface area (Å²) in [5.41, 5.74) is 0. The Balaban J connectivity index is 4.20. The van der Waals surface area contributed by atoms with E-state index in [4.69, 9.17) is 14.2 Å². The molecule has 0 saturated heterocycles. The number of carbonyl (C=O) groups is 3. The zero-order valence-corrected chi connectivity index (χ0v) is 43.7. The van der Waals surface area contributed by atoms with E-state index in [9.17, 15) is 14.4 Å². The van der Waals surface area contributed by atoms with Crippen molar-refractivity contribution in [3.05, 3.63) is 60.8 Å². The van der Waals surface area contributed by atoms with Gasteiger partial charge in [-0.15, -0.1) is 0 Å². The summed E-state index contributed by atoms with van der Waals surface area (Å²) in [4.78, 5) is 38.0. The minimum atomic E-state index is -0.774. The molecule has 0 amide bonds. The first-order chi connectivity index (χ1) is 32.5. The van der Waals surface area contributed by atoms with Gasteiger partial charge in [-0.2, -0.15) is 0 Å². The lowest BCUT2D eigenvalue weighted by molar-refractivity contribution is -0.167. The summed E-state index contributed by atoms with van der Waals surface area (Å²) in [6.45, 7) is 6.48. The van der Waals surface area contributed by atoms with E-state index in [0.717, 1.165) is 96.3 Å². The van der Waals surface area contributed by atoms with E-state index in [2.05, 4.69) is 81.5 Å². The summed E-state index contributed by atoms with van der Waals surface area (Å²) in [5.74, 6) is -0.878. The first-order valence-corrected chi connectivity index (χ1v) is 28.3. The third-order valence-corrected chi connectivity index (χ3v) is 12.2. The van der Waals surface area contributed by atoms with E-state index in [0.29, 0.717) is 19.3 Å². The lowest BCUT2D eigenvalue weighted by Gasteiger charge is -2.18. The molecule has 0 radical (unpaired) electrons. The SMILES string of the molecule is CC/C=C\C/C=C\C/C=C\C/C=C\CCCCCCCCCCCCCCC(=O)OCC(COC(=O)CCCCCCC/C=C\CCC)OC(=O)CCCCCCCCCCCCCCC. The number of unbranched alkanes of at least 4 members (excludes halogenated alkanes) is 30. The van der Waals surface area contributed by atoms with Crippen molar-refractivity contribution >= 4 is 17.9 Å². The Kier molecular flexibility index (Phi) is 52.3. The second-order valence-corrected chi connectivity index (χ2v) is 18.8. The van der Waals surface area contributed by atoms with E-state index >= 15 is 0 Å². The predicted octanol–water partition coefficient (Wildman–Crippen LogP) is 18.8. The van der Waals surface area contributed by atoms with Crippen LogP contribution in [0, 0.1) is 0 Å². The molecule has 0 bridgehead atoms. The van der Waals surface area contributed by atoms with Crippen molar-refractivity contribution < 1.29 is 28.6 Å². The van der Waals surface area contributed by atoms with Crippen LogP contribution in [-0.2, 0) is 28.6 Å². The molecule has 0 spiro atoms. The van der Waals surface area contributed by atoms with Crippen LogP contribution in [0.25, 0.3) is 0 Å². The Morgan fingerprint density at radius 3 is 1.00 bits per heavy atom. The van der Waals surface area contributed by atoms with E-state index < -0.39 is 6.10 Å². The summed E-state index contributed by atoms with van der Waals surface area (Å²) >= 11 is 0. The second kappa shape index (κ2) is 54.7. The molecule has 0 N–H and O–H groups in total. The van der Waals surface area contributed by atoms with Gasteiger partial charge in [-0.05, 0) is 77.0 Å². The number of allylic oxidation sites excluding steroid dienone is 10. The van der Waals surface area contributed by atoms with E-state index in [1.807, 2.05) is 0 Å². The standard InChI is InChI=1S/C60H106O6/c1-4-7-10-13-16-19-22-24-25-26-27-28-29-30-31-32-33-34-35-37-38-41-44-47-50-53-59(62)65-56-57(55-64-58(61)52-49-46-43-40-21-18-15-12-9-6-3)66-60(63)54-51-48-45-42-39-36-23-20-17-14-11-8-5-2/h7,10,12,15-16,19,24-25,27-28,57H,4-6,8-9,11,13-14,17-18,20-23,26,29-56H2,1-3H3/b10-7-,15-12-,19-16-,25-24-,28-27-. The molecule has 0 heterocycles. The lowest BCUT2D eigenvalue weighted by Crippen LogP contribution is -2.30. The van der Waals surface area contributed by atoms with Crippen molar-refractivity contribution in [1.82, 2.24) is 0 Å². The first-order valence-electron chi connectivity index (χ1n) is 28.3. The highest BCUT2D eigenvalue weighted by molar-refractivity contribution is 5.71. The smallest absolute Gasteiger partial charge is 0.306 e. The van der Waals surface area contributed by atoms with Crippen LogP contribution in [-0.4, -0.2) is 37.2 Å². The van der Waals surface area contributed by atoms with Crippen LogP contribution >= 0.6 is 0 Å². The molecule has 6 heteroatoms. The maximum atomic E-state index is 12.8.